The first-order valence-corrected chi connectivity index (χ1v) is 5.83. The minimum absolute atomic E-state index is 0.295. The van der Waals surface area contributed by atoms with Gasteiger partial charge >= 0.3 is 0 Å². The van der Waals surface area contributed by atoms with Crippen LogP contribution in [0.4, 0.5) is 10.2 Å². The van der Waals surface area contributed by atoms with Gasteiger partial charge in [-0.05, 0) is 6.92 Å². The van der Waals surface area contributed by atoms with Gasteiger partial charge < -0.3 is 5.73 Å². The molecular formula is C10H8ClFN4S. The lowest BCUT2D eigenvalue weighted by Crippen LogP contribution is -1.97. The van der Waals surface area contributed by atoms with Crippen molar-refractivity contribution in [3.05, 3.63) is 35.1 Å². The molecule has 2 rings (SSSR count). The van der Waals surface area contributed by atoms with E-state index in [1.807, 2.05) is 0 Å². The normalized spacial score (nSPS) is 10.5. The first-order valence-electron chi connectivity index (χ1n) is 4.64. The molecule has 7 heteroatoms. The molecule has 2 heterocycles. The van der Waals surface area contributed by atoms with Crippen LogP contribution in [-0.2, 0) is 0 Å². The predicted molar refractivity (Wildman–Crippen MR) is 64.5 cm³/mol. The summed E-state index contributed by atoms with van der Waals surface area (Å²) in [6, 6.07) is 1.23. The van der Waals surface area contributed by atoms with Gasteiger partial charge in [-0.25, -0.2) is 15.0 Å². The van der Waals surface area contributed by atoms with Gasteiger partial charge in [-0.3, -0.25) is 0 Å². The van der Waals surface area contributed by atoms with Crippen LogP contribution >= 0.6 is 23.4 Å². The maximum absolute atomic E-state index is 13.0. The van der Waals surface area contributed by atoms with E-state index in [0.717, 1.165) is 17.5 Å². The van der Waals surface area contributed by atoms with Crippen molar-refractivity contribution in [3.8, 4) is 0 Å². The van der Waals surface area contributed by atoms with E-state index in [-0.39, 0.29) is 0 Å². The summed E-state index contributed by atoms with van der Waals surface area (Å²) in [6.07, 6.45) is 2.83. The average Bonchev–Trinajstić information content (AvgIpc) is 2.27. The first kappa shape index (κ1) is 12.1. The molecule has 0 aromatic carbocycles. The number of aryl methyl sites for hydroxylation is 1. The van der Waals surface area contributed by atoms with Crippen molar-refractivity contribution in [3.63, 3.8) is 0 Å². The summed E-state index contributed by atoms with van der Waals surface area (Å²) in [5.74, 6) is -0.307. The first-order chi connectivity index (χ1) is 8.06. The standard InChI is InChI=1S/C10H8ClFN4S/c1-5-3-15-10(9(13)16-5)17-7-2-8(12)14-4-6(7)11/h2-4H,1H3,(H2,13,16). The van der Waals surface area contributed by atoms with Crippen LogP contribution in [0.2, 0.25) is 5.02 Å². The summed E-state index contributed by atoms with van der Waals surface area (Å²) in [6.45, 7) is 1.79. The number of pyridine rings is 1. The van der Waals surface area contributed by atoms with Crippen LogP contribution in [0.5, 0.6) is 0 Å². The van der Waals surface area contributed by atoms with Crippen molar-refractivity contribution in [2.75, 3.05) is 5.73 Å². The number of aromatic nitrogens is 3. The highest BCUT2D eigenvalue weighted by atomic mass is 35.5. The molecule has 0 fully saturated rings. The topological polar surface area (TPSA) is 64.7 Å². The van der Waals surface area contributed by atoms with Crippen molar-refractivity contribution < 1.29 is 4.39 Å². The van der Waals surface area contributed by atoms with Gasteiger partial charge in [0.25, 0.3) is 0 Å². The number of rotatable bonds is 2. The summed E-state index contributed by atoms with van der Waals surface area (Å²) in [7, 11) is 0. The molecule has 0 spiro atoms. The van der Waals surface area contributed by atoms with E-state index in [9.17, 15) is 4.39 Å². The second-order valence-corrected chi connectivity index (χ2v) is 4.68. The third-order valence-electron chi connectivity index (χ3n) is 1.88. The molecule has 0 saturated carbocycles. The van der Waals surface area contributed by atoms with Crippen LogP contribution in [0.15, 0.2) is 28.4 Å². The minimum Gasteiger partial charge on any atom is -0.381 e. The Morgan fingerprint density at radius 2 is 2.12 bits per heavy atom. The highest BCUT2D eigenvalue weighted by molar-refractivity contribution is 7.99. The summed E-state index contributed by atoms with van der Waals surface area (Å²) < 4.78 is 13.0. The average molecular weight is 271 g/mol. The molecule has 0 unspecified atom stereocenters. The summed E-state index contributed by atoms with van der Waals surface area (Å²) in [5.41, 5.74) is 6.43. The van der Waals surface area contributed by atoms with Gasteiger partial charge in [0.05, 0.1) is 10.7 Å². The second kappa shape index (κ2) is 4.85. The fourth-order valence-corrected chi connectivity index (χ4v) is 2.13. The molecular weight excluding hydrogens is 263 g/mol. The van der Waals surface area contributed by atoms with E-state index >= 15 is 0 Å². The number of nitrogens with zero attached hydrogens (tertiary/aromatic N) is 3. The molecule has 0 radical (unpaired) electrons. The van der Waals surface area contributed by atoms with Gasteiger partial charge in [0.1, 0.15) is 5.03 Å². The highest BCUT2D eigenvalue weighted by Gasteiger charge is 2.09. The molecule has 0 saturated heterocycles. The second-order valence-electron chi connectivity index (χ2n) is 3.24. The lowest BCUT2D eigenvalue weighted by Gasteiger charge is -2.05. The zero-order chi connectivity index (χ0) is 12.4. The molecule has 2 N–H and O–H groups in total. The molecule has 4 nitrogen and oxygen atoms in total. The summed E-state index contributed by atoms with van der Waals surface area (Å²) in [4.78, 5) is 12.1. The lowest BCUT2D eigenvalue weighted by molar-refractivity contribution is 0.580. The van der Waals surface area contributed by atoms with E-state index in [2.05, 4.69) is 15.0 Å². The highest BCUT2D eigenvalue weighted by Crippen LogP contribution is 2.34. The Bertz CT molecular complexity index is 564. The number of anilines is 1. The third kappa shape index (κ3) is 2.83. The zero-order valence-electron chi connectivity index (χ0n) is 8.82. The molecule has 2 aromatic heterocycles. The zero-order valence-corrected chi connectivity index (χ0v) is 10.4. The van der Waals surface area contributed by atoms with Crippen molar-refractivity contribution in [1.82, 2.24) is 15.0 Å². The molecule has 88 valence electrons. The Labute approximate surface area is 106 Å². The molecule has 0 bridgehead atoms. The molecule has 0 aliphatic heterocycles. The lowest BCUT2D eigenvalue weighted by atomic mass is 10.5. The van der Waals surface area contributed by atoms with E-state index < -0.39 is 5.95 Å². The maximum Gasteiger partial charge on any atom is 0.214 e. The van der Waals surface area contributed by atoms with Crippen LogP contribution in [0.3, 0.4) is 0 Å². The Kier molecular flexibility index (Phi) is 3.44. The van der Waals surface area contributed by atoms with E-state index in [1.165, 1.54) is 12.3 Å². The van der Waals surface area contributed by atoms with Crippen LogP contribution < -0.4 is 5.73 Å². The molecule has 0 amide bonds. The summed E-state index contributed by atoms with van der Waals surface area (Å²) >= 11 is 7.04. The number of hydrogen-bond acceptors (Lipinski definition) is 5. The Hall–Kier alpha value is -1.40. The van der Waals surface area contributed by atoms with Crippen molar-refractivity contribution >= 4 is 29.2 Å². The monoisotopic (exact) mass is 270 g/mol. The molecule has 0 aliphatic rings. The number of nitrogen functional groups attached to an aromatic ring is 1. The van der Waals surface area contributed by atoms with Crippen molar-refractivity contribution in [1.29, 1.82) is 0 Å². The molecule has 0 atom stereocenters. The number of halogens is 2. The van der Waals surface area contributed by atoms with Crippen LogP contribution in [0.25, 0.3) is 0 Å². The number of nitrogens with two attached hydrogens (primary N) is 1. The van der Waals surface area contributed by atoms with Crippen LogP contribution in [0, 0.1) is 12.9 Å². The van der Waals surface area contributed by atoms with E-state index in [0.29, 0.717) is 20.8 Å². The third-order valence-corrected chi connectivity index (χ3v) is 3.36. The summed E-state index contributed by atoms with van der Waals surface area (Å²) in [5, 5.41) is 0.835. The fourth-order valence-electron chi connectivity index (χ4n) is 1.14. The molecule has 2 aromatic rings. The van der Waals surface area contributed by atoms with E-state index in [1.54, 1.807) is 13.1 Å². The van der Waals surface area contributed by atoms with Gasteiger partial charge in [-0.15, -0.1) is 0 Å². The van der Waals surface area contributed by atoms with Gasteiger partial charge in [0.15, 0.2) is 5.82 Å². The fraction of sp³-hybridized carbons (Fsp3) is 0.100. The SMILES string of the molecule is Cc1cnc(Sc2cc(F)ncc2Cl)c(N)n1. The Balaban J connectivity index is 2.34. The quantitative estimate of drug-likeness (QED) is 0.850. The Morgan fingerprint density at radius 3 is 2.82 bits per heavy atom. The van der Waals surface area contributed by atoms with Crippen LogP contribution in [0.1, 0.15) is 5.69 Å². The van der Waals surface area contributed by atoms with Crippen molar-refractivity contribution in [2.24, 2.45) is 0 Å². The van der Waals surface area contributed by atoms with Gasteiger partial charge in [0, 0.05) is 23.4 Å². The van der Waals surface area contributed by atoms with Gasteiger partial charge in [-0.1, -0.05) is 23.4 Å². The maximum atomic E-state index is 13.0. The van der Waals surface area contributed by atoms with Gasteiger partial charge in [-0.2, -0.15) is 4.39 Å². The Morgan fingerprint density at radius 1 is 1.35 bits per heavy atom. The number of hydrogen-bond donors (Lipinski definition) is 1. The van der Waals surface area contributed by atoms with Gasteiger partial charge in [0.2, 0.25) is 5.95 Å². The van der Waals surface area contributed by atoms with Crippen molar-refractivity contribution in [2.45, 2.75) is 16.8 Å². The predicted octanol–water partition coefficient (Wildman–Crippen LogP) is 2.71. The molecule has 17 heavy (non-hydrogen) atoms. The smallest absolute Gasteiger partial charge is 0.214 e. The largest absolute Gasteiger partial charge is 0.381 e. The minimum atomic E-state index is -0.601. The van der Waals surface area contributed by atoms with E-state index in [4.69, 9.17) is 17.3 Å². The molecule has 0 aliphatic carbocycles. The van der Waals surface area contributed by atoms with Crippen LogP contribution in [-0.4, -0.2) is 15.0 Å².